The normalized spacial score (nSPS) is 13.8. The summed E-state index contributed by atoms with van der Waals surface area (Å²) in [6.45, 7) is 1.83. The lowest BCUT2D eigenvalue weighted by Gasteiger charge is -2.12. The number of nitrogen functional groups attached to an aromatic ring is 2. The minimum Gasteiger partial charge on any atom is -0.436 e. The highest BCUT2D eigenvalue weighted by atomic mass is 32.2. The third-order valence-corrected chi connectivity index (χ3v) is 7.23. The number of nitrogens with zero attached hydrogens (tertiary/aromatic N) is 3. The van der Waals surface area contributed by atoms with Crippen molar-refractivity contribution >= 4 is 38.1 Å². The molecule has 34 heavy (non-hydrogen) atoms. The van der Waals surface area contributed by atoms with E-state index in [4.69, 9.17) is 16.2 Å². The number of hydrogen-bond acceptors (Lipinski definition) is 7. The van der Waals surface area contributed by atoms with Crippen LogP contribution in [0.2, 0.25) is 0 Å². The Morgan fingerprint density at radius 3 is 2.50 bits per heavy atom. The molecule has 0 aliphatic heterocycles. The van der Waals surface area contributed by atoms with Crippen LogP contribution in [0.15, 0.2) is 54.9 Å². The molecule has 0 unspecified atom stereocenters. The van der Waals surface area contributed by atoms with Gasteiger partial charge in [-0.3, -0.25) is 4.72 Å². The monoisotopic (exact) mass is 478 g/mol. The molecule has 0 amide bonds. The second-order valence-electron chi connectivity index (χ2n) is 8.39. The second kappa shape index (κ2) is 8.53. The van der Waals surface area contributed by atoms with Crippen LogP contribution in [0, 0.1) is 0 Å². The van der Waals surface area contributed by atoms with E-state index in [2.05, 4.69) is 19.3 Å². The van der Waals surface area contributed by atoms with E-state index in [-0.39, 0.29) is 17.5 Å². The molecule has 1 saturated carbocycles. The third-order valence-electron chi connectivity index (χ3n) is 5.74. The van der Waals surface area contributed by atoms with Crippen LogP contribution in [0.1, 0.15) is 32.2 Å². The maximum absolute atomic E-state index is 12.1. The molecule has 0 spiro atoms. The van der Waals surface area contributed by atoms with Gasteiger partial charge in [-0.15, -0.1) is 0 Å². The number of nitrogens with one attached hydrogen (secondary N) is 1. The fourth-order valence-electron chi connectivity index (χ4n) is 4.11. The predicted octanol–water partition coefficient (Wildman–Crippen LogP) is 4.54. The summed E-state index contributed by atoms with van der Waals surface area (Å²) in [5.74, 6) is 1.14. The Kier molecular flexibility index (Phi) is 5.52. The van der Waals surface area contributed by atoms with Crippen LogP contribution in [0.5, 0.6) is 11.6 Å². The molecule has 1 aliphatic carbocycles. The highest BCUT2D eigenvalue weighted by Crippen LogP contribution is 2.47. The van der Waals surface area contributed by atoms with E-state index in [0.717, 1.165) is 35.0 Å². The van der Waals surface area contributed by atoms with Gasteiger partial charge in [-0.25, -0.2) is 18.4 Å². The third kappa shape index (κ3) is 4.24. The Labute approximate surface area is 197 Å². The van der Waals surface area contributed by atoms with Gasteiger partial charge >= 0.3 is 0 Å². The molecule has 9 nitrogen and oxygen atoms in total. The number of sulfonamides is 1. The van der Waals surface area contributed by atoms with Crippen molar-refractivity contribution in [3.05, 3.63) is 54.9 Å². The van der Waals surface area contributed by atoms with E-state index in [1.54, 1.807) is 12.1 Å². The number of rotatable bonds is 8. The lowest BCUT2D eigenvalue weighted by atomic mass is 10.1. The number of nitrogens with two attached hydrogens (primary N) is 2. The van der Waals surface area contributed by atoms with Crippen molar-refractivity contribution in [3.8, 4) is 22.9 Å². The van der Waals surface area contributed by atoms with Crippen molar-refractivity contribution in [1.29, 1.82) is 0 Å². The molecule has 4 aromatic rings. The van der Waals surface area contributed by atoms with Gasteiger partial charge in [0.1, 0.15) is 5.75 Å². The molecule has 10 heteroatoms. The van der Waals surface area contributed by atoms with Crippen LogP contribution in [0.3, 0.4) is 0 Å². The zero-order valence-electron chi connectivity index (χ0n) is 18.7. The number of fused-ring (bicyclic) bond motifs is 1. The minimum absolute atomic E-state index is 0.0856. The molecule has 2 aromatic heterocycles. The minimum atomic E-state index is -3.35. The fourth-order valence-corrected chi connectivity index (χ4v) is 5.24. The number of hydrogen-bond donors (Lipinski definition) is 3. The summed E-state index contributed by atoms with van der Waals surface area (Å²) in [6, 6.07) is 13.4. The fraction of sp³-hybridized carbons (Fsp3) is 0.250. The van der Waals surface area contributed by atoms with Gasteiger partial charge in [0, 0.05) is 41.1 Å². The lowest BCUT2D eigenvalue weighted by Crippen LogP contribution is -2.15. The largest absolute Gasteiger partial charge is 0.436 e. The Bertz CT molecular complexity index is 1460. The van der Waals surface area contributed by atoms with Crippen LogP contribution in [-0.4, -0.2) is 28.7 Å². The van der Waals surface area contributed by atoms with Gasteiger partial charge in [0.15, 0.2) is 5.82 Å². The van der Waals surface area contributed by atoms with Crippen molar-refractivity contribution in [2.45, 2.75) is 32.2 Å². The van der Waals surface area contributed by atoms with Gasteiger partial charge in [0.25, 0.3) is 5.88 Å². The van der Waals surface area contributed by atoms with E-state index < -0.39 is 10.0 Å². The highest BCUT2D eigenvalue weighted by Gasteiger charge is 2.30. The molecule has 0 saturated heterocycles. The van der Waals surface area contributed by atoms with E-state index in [9.17, 15) is 8.42 Å². The van der Waals surface area contributed by atoms with Gasteiger partial charge in [0.05, 0.1) is 22.7 Å². The maximum atomic E-state index is 12.1. The molecular formula is C24H26N6O3S. The average molecular weight is 479 g/mol. The lowest BCUT2D eigenvalue weighted by molar-refractivity contribution is 0.463. The summed E-state index contributed by atoms with van der Waals surface area (Å²) in [6.07, 6.45) is 5.72. The Hall–Kier alpha value is -3.79. The maximum Gasteiger partial charge on any atom is 0.262 e. The van der Waals surface area contributed by atoms with Gasteiger partial charge in [-0.2, -0.15) is 0 Å². The highest BCUT2D eigenvalue weighted by molar-refractivity contribution is 7.92. The molecule has 176 valence electrons. The SMILES string of the molecule is CCCS(=O)(=O)Nc1ccc(-c2c(N)c3ccc(Oc4nccnc4N)cc3n2C2CC2)cc1. The number of anilines is 3. The van der Waals surface area contributed by atoms with Crippen LogP contribution in [-0.2, 0) is 10.0 Å². The second-order valence-corrected chi connectivity index (χ2v) is 10.2. The summed E-state index contributed by atoms with van der Waals surface area (Å²) in [7, 11) is -3.35. The van der Waals surface area contributed by atoms with Gasteiger partial charge in [-0.05, 0) is 43.5 Å². The Morgan fingerprint density at radius 2 is 1.82 bits per heavy atom. The zero-order valence-corrected chi connectivity index (χ0v) is 19.5. The van der Waals surface area contributed by atoms with Crippen molar-refractivity contribution in [1.82, 2.24) is 14.5 Å². The Morgan fingerprint density at radius 1 is 1.09 bits per heavy atom. The van der Waals surface area contributed by atoms with Crippen LogP contribution in [0.4, 0.5) is 17.2 Å². The van der Waals surface area contributed by atoms with E-state index in [1.807, 2.05) is 37.3 Å². The van der Waals surface area contributed by atoms with E-state index in [0.29, 0.717) is 29.6 Å². The van der Waals surface area contributed by atoms with E-state index in [1.165, 1.54) is 12.4 Å². The first-order valence-corrected chi connectivity index (χ1v) is 12.8. The van der Waals surface area contributed by atoms with Crippen molar-refractivity contribution in [2.75, 3.05) is 21.9 Å². The summed E-state index contributed by atoms with van der Waals surface area (Å²) in [5, 5.41) is 0.925. The van der Waals surface area contributed by atoms with Crippen LogP contribution >= 0.6 is 0 Å². The summed E-state index contributed by atoms with van der Waals surface area (Å²) in [5.41, 5.74) is 16.5. The molecular weight excluding hydrogens is 452 g/mol. The predicted molar refractivity (Wildman–Crippen MR) is 134 cm³/mol. The summed E-state index contributed by atoms with van der Waals surface area (Å²) < 4.78 is 35.0. The van der Waals surface area contributed by atoms with Crippen LogP contribution in [0.25, 0.3) is 22.2 Å². The quantitative estimate of drug-likeness (QED) is 0.338. The molecule has 5 N–H and O–H groups in total. The molecule has 0 bridgehead atoms. The standard InChI is InChI=1S/C24H26N6O3S/c1-2-13-34(31,32)29-16-5-3-15(4-6-16)22-21(25)19-10-9-18(14-20(19)30(22)17-7-8-17)33-24-23(26)27-11-12-28-24/h3-6,9-12,14,17,29H,2,7-8,13,25H2,1H3,(H2,26,27). The smallest absolute Gasteiger partial charge is 0.262 e. The molecule has 0 atom stereocenters. The first kappa shape index (κ1) is 22.0. The Balaban J connectivity index is 1.53. The first-order chi connectivity index (χ1) is 16.4. The molecule has 1 fully saturated rings. The molecule has 2 aromatic carbocycles. The molecule has 2 heterocycles. The first-order valence-electron chi connectivity index (χ1n) is 11.1. The van der Waals surface area contributed by atoms with Gasteiger partial charge < -0.3 is 20.8 Å². The number of benzene rings is 2. The summed E-state index contributed by atoms with van der Waals surface area (Å²) in [4.78, 5) is 8.16. The number of ether oxygens (including phenoxy) is 1. The van der Waals surface area contributed by atoms with Gasteiger partial charge in [0.2, 0.25) is 10.0 Å². The van der Waals surface area contributed by atoms with Crippen molar-refractivity contribution in [2.24, 2.45) is 0 Å². The number of aromatic nitrogens is 3. The molecule has 0 radical (unpaired) electrons. The molecule has 5 rings (SSSR count). The van der Waals surface area contributed by atoms with Crippen LogP contribution < -0.4 is 20.9 Å². The summed E-state index contributed by atoms with van der Waals surface area (Å²) >= 11 is 0. The van der Waals surface area contributed by atoms with Gasteiger partial charge in [-0.1, -0.05) is 19.1 Å². The van der Waals surface area contributed by atoms with Crippen molar-refractivity contribution in [3.63, 3.8) is 0 Å². The van der Waals surface area contributed by atoms with Crippen molar-refractivity contribution < 1.29 is 13.2 Å². The molecule has 1 aliphatic rings. The topological polar surface area (TPSA) is 138 Å². The zero-order chi connectivity index (χ0) is 23.9. The van der Waals surface area contributed by atoms with E-state index >= 15 is 0 Å². The average Bonchev–Trinajstić information content (AvgIpc) is 3.60.